The third kappa shape index (κ3) is 3.22. The maximum atomic E-state index is 12.7. The van der Waals surface area contributed by atoms with E-state index in [-0.39, 0.29) is 5.91 Å². The Morgan fingerprint density at radius 1 is 1.03 bits per heavy atom. The maximum Gasteiger partial charge on any atom is 0.255 e. The summed E-state index contributed by atoms with van der Waals surface area (Å²) in [7, 11) is 0. The van der Waals surface area contributed by atoms with Gasteiger partial charge in [0.05, 0.1) is 27.3 Å². The van der Waals surface area contributed by atoms with Gasteiger partial charge in [0.1, 0.15) is 5.52 Å². The number of fused-ring (bicyclic) bond motifs is 2. The quantitative estimate of drug-likeness (QED) is 0.377. The number of oxazole rings is 1. The topological polar surface area (TPSA) is 83.8 Å². The molecule has 142 valence electrons. The minimum Gasteiger partial charge on any atom is -0.436 e. The van der Waals surface area contributed by atoms with Crippen molar-refractivity contribution in [2.45, 2.75) is 0 Å². The Bertz CT molecular complexity index is 1370. The SMILES string of the molecule is O=C(Nc1ccc2[nH]ncc2c1)c1ccc2nc(-c3c(Cl)cccc3Cl)oc2c1. The Kier molecular flexibility index (Phi) is 4.23. The van der Waals surface area contributed by atoms with Gasteiger partial charge in [-0.25, -0.2) is 4.98 Å². The summed E-state index contributed by atoms with van der Waals surface area (Å²) in [5.41, 5.74) is 3.60. The summed E-state index contributed by atoms with van der Waals surface area (Å²) in [5.74, 6) is 0.0436. The van der Waals surface area contributed by atoms with Crippen LogP contribution in [0.3, 0.4) is 0 Å². The van der Waals surface area contributed by atoms with E-state index in [1.807, 2.05) is 18.2 Å². The number of aromatic nitrogens is 3. The molecule has 0 spiro atoms. The Morgan fingerprint density at radius 3 is 2.69 bits per heavy atom. The smallest absolute Gasteiger partial charge is 0.255 e. The number of benzene rings is 3. The first-order chi connectivity index (χ1) is 14.1. The van der Waals surface area contributed by atoms with E-state index < -0.39 is 0 Å². The van der Waals surface area contributed by atoms with Crippen molar-refractivity contribution in [2.75, 3.05) is 5.32 Å². The molecule has 2 aromatic heterocycles. The molecular formula is C21H12Cl2N4O2. The van der Waals surface area contributed by atoms with Crippen LogP contribution in [-0.2, 0) is 0 Å². The number of nitrogens with one attached hydrogen (secondary N) is 2. The second-order valence-corrected chi connectivity index (χ2v) is 7.24. The fraction of sp³-hybridized carbons (Fsp3) is 0. The highest BCUT2D eigenvalue weighted by atomic mass is 35.5. The van der Waals surface area contributed by atoms with Crippen molar-refractivity contribution in [3.63, 3.8) is 0 Å². The van der Waals surface area contributed by atoms with Crippen molar-refractivity contribution in [3.05, 3.63) is 76.4 Å². The van der Waals surface area contributed by atoms with Crippen molar-refractivity contribution in [1.82, 2.24) is 15.2 Å². The van der Waals surface area contributed by atoms with Gasteiger partial charge in [-0.15, -0.1) is 0 Å². The Hall–Kier alpha value is -3.35. The van der Waals surface area contributed by atoms with Crippen LogP contribution in [0.4, 0.5) is 5.69 Å². The largest absolute Gasteiger partial charge is 0.436 e. The Balaban J connectivity index is 1.47. The average Bonchev–Trinajstić information content (AvgIpc) is 3.33. The normalized spacial score (nSPS) is 11.2. The monoisotopic (exact) mass is 422 g/mol. The van der Waals surface area contributed by atoms with Gasteiger partial charge in [0.15, 0.2) is 5.58 Å². The number of carbonyl (C=O) groups is 1. The van der Waals surface area contributed by atoms with E-state index in [9.17, 15) is 4.79 Å². The predicted molar refractivity (Wildman–Crippen MR) is 114 cm³/mol. The van der Waals surface area contributed by atoms with E-state index in [1.165, 1.54) is 0 Å². The van der Waals surface area contributed by atoms with Crippen LogP contribution in [0.1, 0.15) is 10.4 Å². The highest BCUT2D eigenvalue weighted by Crippen LogP contribution is 2.35. The molecular weight excluding hydrogens is 411 g/mol. The van der Waals surface area contributed by atoms with Crippen LogP contribution in [0.15, 0.2) is 65.2 Å². The molecule has 5 aromatic rings. The molecule has 6 nitrogen and oxygen atoms in total. The van der Waals surface area contributed by atoms with Crippen molar-refractivity contribution in [1.29, 1.82) is 0 Å². The third-order valence-electron chi connectivity index (χ3n) is 4.53. The number of halogens is 2. The fourth-order valence-corrected chi connectivity index (χ4v) is 3.66. The minimum absolute atomic E-state index is 0.261. The molecule has 1 amide bonds. The summed E-state index contributed by atoms with van der Waals surface area (Å²) in [6.07, 6.45) is 1.70. The zero-order chi connectivity index (χ0) is 20.0. The van der Waals surface area contributed by atoms with E-state index in [1.54, 1.807) is 42.6 Å². The zero-order valence-corrected chi connectivity index (χ0v) is 16.3. The van der Waals surface area contributed by atoms with Crippen LogP contribution in [0, 0.1) is 0 Å². The molecule has 0 saturated carbocycles. The van der Waals surface area contributed by atoms with Gasteiger partial charge in [-0.2, -0.15) is 5.10 Å². The number of anilines is 1. The first-order valence-electron chi connectivity index (χ1n) is 8.68. The molecule has 0 fully saturated rings. The summed E-state index contributed by atoms with van der Waals surface area (Å²) in [5, 5.41) is 11.5. The van der Waals surface area contributed by atoms with Gasteiger partial charge < -0.3 is 9.73 Å². The molecule has 0 aliphatic rings. The fourth-order valence-electron chi connectivity index (χ4n) is 3.10. The predicted octanol–water partition coefficient (Wildman–Crippen LogP) is 5.93. The van der Waals surface area contributed by atoms with Gasteiger partial charge in [0, 0.05) is 16.6 Å². The molecule has 0 atom stereocenters. The molecule has 0 aliphatic carbocycles. The molecule has 0 saturated heterocycles. The molecule has 0 unspecified atom stereocenters. The number of rotatable bonds is 3. The highest BCUT2D eigenvalue weighted by molar-refractivity contribution is 6.39. The molecule has 29 heavy (non-hydrogen) atoms. The first-order valence-corrected chi connectivity index (χ1v) is 9.43. The van der Waals surface area contributed by atoms with E-state index in [2.05, 4.69) is 20.5 Å². The summed E-state index contributed by atoms with van der Waals surface area (Å²) in [6.45, 7) is 0. The van der Waals surface area contributed by atoms with E-state index >= 15 is 0 Å². The van der Waals surface area contributed by atoms with Crippen LogP contribution in [0.25, 0.3) is 33.5 Å². The van der Waals surface area contributed by atoms with Crippen LogP contribution >= 0.6 is 23.2 Å². The van der Waals surface area contributed by atoms with E-state index in [4.69, 9.17) is 27.6 Å². The van der Waals surface area contributed by atoms with Gasteiger partial charge in [-0.05, 0) is 48.5 Å². The molecule has 3 aromatic carbocycles. The average molecular weight is 423 g/mol. The summed E-state index contributed by atoms with van der Waals surface area (Å²) < 4.78 is 5.83. The summed E-state index contributed by atoms with van der Waals surface area (Å²) >= 11 is 12.5. The molecule has 2 N–H and O–H groups in total. The lowest BCUT2D eigenvalue weighted by Gasteiger charge is -2.05. The lowest BCUT2D eigenvalue weighted by molar-refractivity contribution is 0.102. The van der Waals surface area contributed by atoms with Crippen molar-refractivity contribution < 1.29 is 9.21 Å². The lowest BCUT2D eigenvalue weighted by atomic mass is 10.2. The van der Waals surface area contributed by atoms with Gasteiger partial charge in [0.2, 0.25) is 5.89 Å². The van der Waals surface area contributed by atoms with E-state index in [0.29, 0.717) is 43.9 Å². The zero-order valence-electron chi connectivity index (χ0n) is 14.7. The van der Waals surface area contributed by atoms with Crippen LogP contribution in [0.2, 0.25) is 10.0 Å². The second kappa shape index (κ2) is 6.92. The number of hydrogen-bond donors (Lipinski definition) is 2. The Labute approximate surface area is 174 Å². The number of amides is 1. The van der Waals surface area contributed by atoms with Crippen molar-refractivity contribution in [3.8, 4) is 11.5 Å². The second-order valence-electron chi connectivity index (χ2n) is 6.42. The molecule has 0 bridgehead atoms. The van der Waals surface area contributed by atoms with Gasteiger partial charge in [-0.3, -0.25) is 9.89 Å². The molecule has 2 heterocycles. The highest BCUT2D eigenvalue weighted by Gasteiger charge is 2.16. The third-order valence-corrected chi connectivity index (χ3v) is 5.16. The number of H-pyrrole nitrogens is 1. The minimum atomic E-state index is -0.261. The number of nitrogens with zero attached hydrogens (tertiary/aromatic N) is 2. The van der Waals surface area contributed by atoms with Crippen molar-refractivity contribution >= 4 is 56.8 Å². The standard InChI is InChI=1S/C21H12Cl2N4O2/c22-14-2-1-3-15(23)19(14)21-26-17-6-4-11(9-18(17)29-21)20(28)25-13-5-7-16-12(8-13)10-24-27-16/h1-10H,(H,24,27)(H,25,28). The lowest BCUT2D eigenvalue weighted by Crippen LogP contribution is -2.11. The molecule has 8 heteroatoms. The number of aromatic amines is 1. The first kappa shape index (κ1) is 17.7. The van der Waals surface area contributed by atoms with Gasteiger partial charge >= 0.3 is 0 Å². The molecule has 0 aliphatic heterocycles. The van der Waals surface area contributed by atoms with Crippen molar-refractivity contribution in [2.24, 2.45) is 0 Å². The van der Waals surface area contributed by atoms with Crippen LogP contribution in [0.5, 0.6) is 0 Å². The summed E-state index contributed by atoms with van der Waals surface area (Å²) in [6, 6.07) is 15.8. The Morgan fingerprint density at radius 2 is 1.86 bits per heavy atom. The number of carbonyl (C=O) groups excluding carboxylic acids is 1. The number of hydrogen-bond acceptors (Lipinski definition) is 4. The van der Waals surface area contributed by atoms with Crippen LogP contribution in [-0.4, -0.2) is 21.1 Å². The van der Waals surface area contributed by atoms with Crippen LogP contribution < -0.4 is 5.32 Å². The van der Waals surface area contributed by atoms with E-state index in [0.717, 1.165) is 10.9 Å². The maximum absolute atomic E-state index is 12.7. The van der Waals surface area contributed by atoms with Gasteiger partial charge in [0.25, 0.3) is 5.91 Å². The molecule has 0 radical (unpaired) electrons. The summed E-state index contributed by atoms with van der Waals surface area (Å²) in [4.78, 5) is 17.1. The molecule has 5 rings (SSSR count). The van der Waals surface area contributed by atoms with Gasteiger partial charge in [-0.1, -0.05) is 29.3 Å².